The second-order valence-electron chi connectivity index (χ2n) is 10.1. The van der Waals surface area contributed by atoms with E-state index in [1.165, 1.54) is 4.90 Å². The molecule has 1 aliphatic rings. The minimum Gasteiger partial charge on any atom is -0.444 e. The molecule has 2 atom stereocenters. The number of carbonyl (C=O) groups excluding carboxylic acids is 4. The molecule has 0 aliphatic heterocycles. The van der Waals surface area contributed by atoms with E-state index in [-0.39, 0.29) is 11.9 Å². The van der Waals surface area contributed by atoms with Gasteiger partial charge in [0.25, 0.3) is 0 Å². The summed E-state index contributed by atoms with van der Waals surface area (Å²) in [5.41, 5.74) is 6.19. The highest BCUT2D eigenvalue weighted by Crippen LogP contribution is 2.36. The number of nitrogens with zero attached hydrogens (tertiary/aromatic N) is 1. The first-order valence-corrected chi connectivity index (χ1v) is 12.4. The average molecular weight is 489 g/mol. The molecule has 0 saturated heterocycles. The fraction of sp³-hybridized carbons (Fsp3) is 0.615. The highest BCUT2D eigenvalue weighted by molar-refractivity contribution is 5.95. The van der Waals surface area contributed by atoms with E-state index in [4.69, 9.17) is 10.5 Å². The molecule has 0 radical (unpaired) electrons. The van der Waals surface area contributed by atoms with Crippen molar-refractivity contribution in [3.8, 4) is 0 Å². The van der Waals surface area contributed by atoms with Crippen LogP contribution < -0.4 is 16.4 Å². The zero-order valence-electron chi connectivity index (χ0n) is 21.6. The van der Waals surface area contributed by atoms with Gasteiger partial charge in [0.15, 0.2) is 0 Å². The number of hydrogen-bond donors (Lipinski definition) is 3. The number of hydrogen-bond acceptors (Lipinski definition) is 5. The summed E-state index contributed by atoms with van der Waals surface area (Å²) < 4.78 is 5.29. The Kier molecular flexibility index (Phi) is 10.1. The Balaban J connectivity index is 2.40. The van der Waals surface area contributed by atoms with Crippen LogP contribution in [0, 0.1) is 6.92 Å². The molecule has 9 nitrogen and oxygen atoms in total. The predicted molar refractivity (Wildman–Crippen MR) is 133 cm³/mol. The van der Waals surface area contributed by atoms with E-state index in [9.17, 15) is 19.2 Å². The van der Waals surface area contributed by atoms with Crippen molar-refractivity contribution < 1.29 is 23.9 Å². The number of ether oxygens (including phenoxy) is 1. The molecule has 0 heterocycles. The van der Waals surface area contributed by atoms with Crippen molar-refractivity contribution in [3.05, 3.63) is 35.4 Å². The maximum atomic E-state index is 13.8. The summed E-state index contributed by atoms with van der Waals surface area (Å²) in [6.45, 7) is 9.58. The minimum atomic E-state index is -1.25. The van der Waals surface area contributed by atoms with Gasteiger partial charge in [-0.1, -0.05) is 44.0 Å². The summed E-state index contributed by atoms with van der Waals surface area (Å²) >= 11 is 0. The Morgan fingerprint density at radius 3 is 2.34 bits per heavy atom. The van der Waals surface area contributed by atoms with Crippen LogP contribution in [0.3, 0.4) is 0 Å². The molecule has 1 aromatic rings. The molecule has 35 heavy (non-hydrogen) atoms. The van der Waals surface area contributed by atoms with Gasteiger partial charge in [-0.3, -0.25) is 14.4 Å². The summed E-state index contributed by atoms with van der Waals surface area (Å²) in [7, 11) is 0. The zero-order valence-corrected chi connectivity index (χ0v) is 21.6. The molecule has 0 spiro atoms. The fourth-order valence-corrected chi connectivity index (χ4v) is 3.90. The molecule has 4 N–H and O–H groups in total. The van der Waals surface area contributed by atoms with Crippen molar-refractivity contribution >= 4 is 23.8 Å². The highest BCUT2D eigenvalue weighted by Gasteiger charge is 2.44. The van der Waals surface area contributed by atoms with E-state index < -0.39 is 42.0 Å². The second-order valence-corrected chi connectivity index (χ2v) is 10.1. The molecule has 0 bridgehead atoms. The molecule has 0 aromatic heterocycles. The molecule has 194 valence electrons. The van der Waals surface area contributed by atoms with Crippen molar-refractivity contribution in [2.24, 2.45) is 5.73 Å². The third-order valence-electron chi connectivity index (χ3n) is 5.68. The van der Waals surface area contributed by atoms with Gasteiger partial charge in [0.05, 0.1) is 6.42 Å². The maximum Gasteiger partial charge on any atom is 0.408 e. The number of aryl methyl sites for hydroxylation is 1. The first kappa shape index (κ1) is 28.1. The van der Waals surface area contributed by atoms with Crippen molar-refractivity contribution in [2.75, 3.05) is 6.54 Å². The van der Waals surface area contributed by atoms with Crippen LogP contribution in [0.2, 0.25) is 0 Å². The molecule has 4 amide bonds. The van der Waals surface area contributed by atoms with Gasteiger partial charge < -0.3 is 26.0 Å². The number of unbranched alkanes of at least 4 members (excludes halogenated alkanes) is 2. The summed E-state index contributed by atoms with van der Waals surface area (Å²) in [5, 5.41) is 5.48. The normalized spacial score (nSPS) is 15.0. The van der Waals surface area contributed by atoms with Gasteiger partial charge in [0.2, 0.25) is 17.7 Å². The van der Waals surface area contributed by atoms with Crippen LogP contribution in [-0.4, -0.2) is 52.9 Å². The third kappa shape index (κ3) is 8.88. The molecule has 2 rings (SSSR count). The maximum absolute atomic E-state index is 13.8. The van der Waals surface area contributed by atoms with E-state index in [1.807, 2.05) is 31.2 Å². The monoisotopic (exact) mass is 488 g/mol. The topological polar surface area (TPSA) is 131 Å². The lowest BCUT2D eigenvalue weighted by Gasteiger charge is -2.35. The van der Waals surface area contributed by atoms with Gasteiger partial charge in [-0.15, -0.1) is 0 Å². The number of alkyl carbamates (subject to hydrolysis) is 1. The van der Waals surface area contributed by atoms with Crippen LogP contribution in [0.15, 0.2) is 24.3 Å². The van der Waals surface area contributed by atoms with Crippen LogP contribution in [0.5, 0.6) is 0 Å². The summed E-state index contributed by atoms with van der Waals surface area (Å²) in [4.78, 5) is 53.1. The van der Waals surface area contributed by atoms with E-state index in [0.717, 1.165) is 37.7 Å². The summed E-state index contributed by atoms with van der Waals surface area (Å²) in [5.74, 6) is -1.56. The van der Waals surface area contributed by atoms with Gasteiger partial charge in [0.1, 0.15) is 17.7 Å². The van der Waals surface area contributed by atoms with Gasteiger partial charge in [-0.05, 0) is 58.1 Å². The number of benzene rings is 1. The molecule has 1 aliphatic carbocycles. The van der Waals surface area contributed by atoms with Crippen molar-refractivity contribution in [3.63, 3.8) is 0 Å². The van der Waals surface area contributed by atoms with Crippen LogP contribution in [0.25, 0.3) is 0 Å². The smallest absolute Gasteiger partial charge is 0.408 e. The number of amides is 4. The third-order valence-corrected chi connectivity index (χ3v) is 5.68. The van der Waals surface area contributed by atoms with E-state index in [0.29, 0.717) is 12.1 Å². The standard InChI is InChI=1S/C26H40N4O5/c1-6-7-10-15-28-23(32)22(19-12-9-8-11-17(19)2)30(18-13-14-18)24(33)20(16-21(27)31)29-25(34)35-26(3,4)5/h8-9,11-12,18,20,22H,6-7,10,13-16H2,1-5H3,(H2,27,31)(H,28,32)(H,29,34). The lowest BCUT2D eigenvalue weighted by molar-refractivity contribution is -0.144. The van der Waals surface area contributed by atoms with Crippen LogP contribution in [0.4, 0.5) is 4.79 Å². The largest absolute Gasteiger partial charge is 0.444 e. The van der Waals surface area contributed by atoms with Gasteiger partial charge in [-0.25, -0.2) is 4.79 Å². The van der Waals surface area contributed by atoms with Crippen molar-refractivity contribution in [1.29, 1.82) is 0 Å². The Morgan fingerprint density at radius 1 is 1.14 bits per heavy atom. The molecular formula is C26H40N4O5. The Morgan fingerprint density at radius 2 is 1.80 bits per heavy atom. The number of rotatable bonds is 12. The number of primary amides is 1. The van der Waals surface area contributed by atoms with Gasteiger partial charge >= 0.3 is 6.09 Å². The molecule has 9 heteroatoms. The zero-order chi connectivity index (χ0) is 26.2. The summed E-state index contributed by atoms with van der Waals surface area (Å²) in [6.07, 6.45) is 3.07. The second kappa shape index (κ2) is 12.6. The first-order chi connectivity index (χ1) is 16.4. The molecule has 1 aromatic carbocycles. The van der Waals surface area contributed by atoms with Crippen molar-refractivity contribution in [1.82, 2.24) is 15.5 Å². The molecular weight excluding hydrogens is 448 g/mol. The Bertz CT molecular complexity index is 907. The number of nitrogens with one attached hydrogen (secondary N) is 2. The van der Waals surface area contributed by atoms with Crippen LogP contribution in [0.1, 0.15) is 83.4 Å². The molecule has 2 unspecified atom stereocenters. The van der Waals surface area contributed by atoms with Gasteiger partial charge in [-0.2, -0.15) is 0 Å². The Labute approximate surface area is 208 Å². The van der Waals surface area contributed by atoms with E-state index in [1.54, 1.807) is 20.8 Å². The Hall–Kier alpha value is -3.10. The predicted octanol–water partition coefficient (Wildman–Crippen LogP) is 3.10. The van der Waals surface area contributed by atoms with Crippen molar-refractivity contribution in [2.45, 2.75) is 96.9 Å². The quantitative estimate of drug-likeness (QED) is 0.389. The first-order valence-electron chi connectivity index (χ1n) is 12.4. The molecule has 1 fully saturated rings. The van der Waals surface area contributed by atoms with E-state index >= 15 is 0 Å². The van der Waals surface area contributed by atoms with Crippen LogP contribution in [-0.2, 0) is 19.1 Å². The minimum absolute atomic E-state index is 0.177. The fourth-order valence-electron chi connectivity index (χ4n) is 3.90. The highest BCUT2D eigenvalue weighted by atomic mass is 16.6. The van der Waals surface area contributed by atoms with E-state index in [2.05, 4.69) is 17.6 Å². The molecule has 1 saturated carbocycles. The summed E-state index contributed by atoms with van der Waals surface area (Å²) in [6, 6.07) is 5.11. The average Bonchev–Trinajstić information content (AvgIpc) is 3.58. The lowest BCUT2D eigenvalue weighted by Crippen LogP contribution is -2.54. The number of nitrogens with two attached hydrogens (primary N) is 1. The number of carbonyl (C=O) groups is 4. The SMILES string of the molecule is CCCCCNC(=O)C(c1ccccc1C)N(C(=O)C(CC(N)=O)NC(=O)OC(C)(C)C)C1CC1. The van der Waals surface area contributed by atoms with Crippen LogP contribution >= 0.6 is 0 Å². The van der Waals surface area contributed by atoms with Gasteiger partial charge in [0, 0.05) is 12.6 Å². The lowest BCUT2D eigenvalue weighted by atomic mass is 9.97.